The summed E-state index contributed by atoms with van der Waals surface area (Å²) in [5.74, 6) is -0.755. The van der Waals surface area contributed by atoms with Crippen LogP contribution in [0.2, 0.25) is 0 Å². The van der Waals surface area contributed by atoms with Crippen molar-refractivity contribution < 1.29 is 14.3 Å². The molecule has 8 nitrogen and oxygen atoms in total. The first-order chi connectivity index (χ1) is 15.6. The minimum atomic E-state index is -0.765. The topological polar surface area (TPSA) is 102 Å². The number of nitrogens with zero attached hydrogens (tertiary/aromatic N) is 2. The molecule has 0 radical (unpaired) electrons. The summed E-state index contributed by atoms with van der Waals surface area (Å²) in [5.41, 5.74) is 6.23. The minimum absolute atomic E-state index is 0.192. The van der Waals surface area contributed by atoms with E-state index in [1.54, 1.807) is 24.3 Å². The van der Waals surface area contributed by atoms with Crippen LogP contribution in [0.25, 0.3) is 5.65 Å². The summed E-state index contributed by atoms with van der Waals surface area (Å²) in [5, 5.41) is 0. The van der Waals surface area contributed by atoms with Gasteiger partial charge in [-0.2, -0.15) is 0 Å². The molecule has 0 saturated carbocycles. The normalized spacial score (nSPS) is 10.5. The average Bonchev–Trinajstić information content (AvgIpc) is 2.83. The van der Waals surface area contributed by atoms with Crippen LogP contribution < -0.4 is 21.1 Å². The minimum Gasteiger partial charge on any atom is -0.483 e. The Morgan fingerprint density at radius 3 is 2.50 bits per heavy atom. The molecule has 32 heavy (non-hydrogen) atoms. The van der Waals surface area contributed by atoms with Gasteiger partial charge in [-0.25, -0.2) is 4.98 Å². The molecule has 0 aliphatic carbocycles. The van der Waals surface area contributed by atoms with Gasteiger partial charge in [0.25, 0.3) is 17.4 Å². The van der Waals surface area contributed by atoms with Gasteiger partial charge < -0.3 is 4.74 Å². The number of carbonyl (C=O) groups excluding carboxylic acids is 2. The zero-order valence-corrected chi connectivity index (χ0v) is 17.0. The highest BCUT2D eigenvalue weighted by molar-refractivity contribution is 5.95. The molecule has 0 unspecified atom stereocenters. The van der Waals surface area contributed by atoms with Crippen LogP contribution in [0.4, 0.5) is 0 Å². The predicted molar refractivity (Wildman–Crippen MR) is 118 cm³/mol. The van der Waals surface area contributed by atoms with Crippen LogP contribution >= 0.6 is 0 Å². The Labute approximate surface area is 183 Å². The van der Waals surface area contributed by atoms with Gasteiger partial charge in [-0.3, -0.25) is 29.6 Å². The first-order valence-corrected chi connectivity index (χ1v) is 9.92. The lowest BCUT2D eigenvalue weighted by Gasteiger charge is -2.12. The van der Waals surface area contributed by atoms with Crippen LogP contribution in [0.3, 0.4) is 0 Å². The van der Waals surface area contributed by atoms with E-state index in [1.165, 1.54) is 16.8 Å². The van der Waals surface area contributed by atoms with Gasteiger partial charge in [0.05, 0.1) is 0 Å². The molecule has 0 atom stereocenters. The maximum atomic E-state index is 12.4. The second kappa shape index (κ2) is 9.57. The fraction of sp³-hybridized carbons (Fsp3) is 0.0833. The van der Waals surface area contributed by atoms with Crippen LogP contribution in [-0.2, 0) is 11.2 Å². The predicted octanol–water partition coefficient (Wildman–Crippen LogP) is 2.13. The molecule has 0 aliphatic rings. The van der Waals surface area contributed by atoms with Crippen LogP contribution in [0.1, 0.15) is 21.5 Å². The van der Waals surface area contributed by atoms with Crippen molar-refractivity contribution in [1.82, 2.24) is 20.2 Å². The van der Waals surface area contributed by atoms with Crippen molar-refractivity contribution in [2.45, 2.75) is 6.42 Å². The van der Waals surface area contributed by atoms with Crippen LogP contribution in [-0.4, -0.2) is 27.8 Å². The molecule has 4 rings (SSSR count). The van der Waals surface area contributed by atoms with E-state index in [0.717, 1.165) is 11.1 Å². The second-order valence-electron chi connectivity index (χ2n) is 6.97. The largest absolute Gasteiger partial charge is 0.483 e. The van der Waals surface area contributed by atoms with Gasteiger partial charge in [-0.15, -0.1) is 0 Å². The maximum Gasteiger partial charge on any atom is 0.276 e. The highest BCUT2D eigenvalue weighted by Gasteiger charge is 2.14. The van der Waals surface area contributed by atoms with Crippen LogP contribution in [0.15, 0.2) is 90.0 Å². The van der Waals surface area contributed by atoms with E-state index >= 15 is 0 Å². The van der Waals surface area contributed by atoms with E-state index in [9.17, 15) is 14.4 Å². The Balaban J connectivity index is 1.35. The Kier molecular flexibility index (Phi) is 6.22. The van der Waals surface area contributed by atoms with Crippen molar-refractivity contribution in [1.29, 1.82) is 0 Å². The molecule has 2 N–H and O–H groups in total. The van der Waals surface area contributed by atoms with Crippen molar-refractivity contribution in [2.75, 3.05) is 6.61 Å². The number of pyridine rings is 1. The number of hydrazine groups is 1. The van der Waals surface area contributed by atoms with Crippen molar-refractivity contribution in [3.05, 3.63) is 112 Å². The lowest BCUT2D eigenvalue weighted by Crippen LogP contribution is -2.45. The molecular formula is C24H20N4O4. The summed E-state index contributed by atoms with van der Waals surface area (Å²) in [6, 6.07) is 22.4. The maximum absolute atomic E-state index is 12.4. The Morgan fingerprint density at radius 1 is 0.906 bits per heavy atom. The Morgan fingerprint density at radius 2 is 1.66 bits per heavy atom. The third-order valence-corrected chi connectivity index (χ3v) is 4.74. The molecule has 0 fully saturated rings. The number of nitrogens with one attached hydrogen (secondary N) is 2. The van der Waals surface area contributed by atoms with Crippen molar-refractivity contribution in [3.8, 4) is 5.75 Å². The summed E-state index contributed by atoms with van der Waals surface area (Å²) in [6.07, 6.45) is 3.35. The number of hydrogen-bond donors (Lipinski definition) is 2. The Hall–Kier alpha value is -4.46. The molecule has 0 saturated heterocycles. The number of rotatable bonds is 6. The summed E-state index contributed by atoms with van der Waals surface area (Å²) in [6.45, 7) is -0.305. The smallest absolute Gasteiger partial charge is 0.276 e. The molecular weight excluding hydrogens is 408 g/mol. The monoisotopic (exact) mass is 428 g/mol. The molecule has 4 aromatic rings. The molecule has 8 heteroatoms. The lowest BCUT2D eigenvalue weighted by atomic mass is 10.0. The zero-order chi connectivity index (χ0) is 22.3. The van der Waals surface area contributed by atoms with Crippen molar-refractivity contribution in [2.24, 2.45) is 0 Å². The van der Waals surface area contributed by atoms with Gasteiger partial charge in [0.1, 0.15) is 17.0 Å². The second-order valence-corrected chi connectivity index (χ2v) is 6.97. The van der Waals surface area contributed by atoms with Gasteiger partial charge >= 0.3 is 0 Å². The average molecular weight is 428 g/mol. The van der Waals surface area contributed by atoms with E-state index in [4.69, 9.17) is 4.74 Å². The molecule has 2 heterocycles. The molecule has 2 aromatic carbocycles. The number of carbonyl (C=O) groups is 2. The van der Waals surface area contributed by atoms with Gasteiger partial charge in [-0.05, 0) is 29.3 Å². The lowest BCUT2D eigenvalue weighted by molar-refractivity contribution is -0.123. The summed E-state index contributed by atoms with van der Waals surface area (Å²) >= 11 is 0. The standard InChI is InChI=1S/C24H20N4O4/c29-22(16-32-20-11-5-4-10-18(20)14-17-8-2-1-3-9-17)26-27-23(30)19-15-25-21-12-6-7-13-28(21)24(19)31/h1-13,15H,14,16H2,(H,26,29)(H,27,30). The van der Waals surface area contributed by atoms with E-state index in [0.29, 0.717) is 17.8 Å². The van der Waals surface area contributed by atoms with E-state index in [2.05, 4.69) is 15.8 Å². The number of hydrogen-bond acceptors (Lipinski definition) is 5. The number of amides is 2. The Bertz CT molecular complexity index is 1320. The number of aromatic nitrogens is 2. The summed E-state index contributed by atoms with van der Waals surface area (Å²) in [7, 11) is 0. The number of ether oxygens (including phenoxy) is 1. The quantitative estimate of drug-likeness (QED) is 0.458. The van der Waals surface area contributed by atoms with Gasteiger partial charge in [0.15, 0.2) is 6.61 Å². The third kappa shape index (κ3) is 4.81. The van der Waals surface area contributed by atoms with Crippen molar-refractivity contribution >= 4 is 17.5 Å². The molecule has 2 aromatic heterocycles. The third-order valence-electron chi connectivity index (χ3n) is 4.74. The van der Waals surface area contributed by atoms with Gasteiger partial charge in [-0.1, -0.05) is 54.6 Å². The molecule has 0 bridgehead atoms. The van der Waals surface area contributed by atoms with E-state index in [1.807, 2.05) is 48.5 Å². The summed E-state index contributed by atoms with van der Waals surface area (Å²) < 4.78 is 6.90. The van der Waals surface area contributed by atoms with Crippen LogP contribution in [0.5, 0.6) is 5.75 Å². The highest BCUT2D eigenvalue weighted by Crippen LogP contribution is 2.21. The van der Waals surface area contributed by atoms with Crippen LogP contribution in [0, 0.1) is 0 Å². The zero-order valence-electron chi connectivity index (χ0n) is 17.0. The fourth-order valence-corrected chi connectivity index (χ4v) is 3.16. The van der Waals surface area contributed by atoms with E-state index in [-0.39, 0.29) is 12.2 Å². The first-order valence-electron chi connectivity index (χ1n) is 9.92. The van der Waals surface area contributed by atoms with Crippen molar-refractivity contribution in [3.63, 3.8) is 0 Å². The molecule has 0 aliphatic heterocycles. The van der Waals surface area contributed by atoms with Gasteiger partial charge in [0.2, 0.25) is 0 Å². The number of fused-ring (bicyclic) bond motifs is 1. The van der Waals surface area contributed by atoms with E-state index < -0.39 is 17.4 Å². The fourth-order valence-electron chi connectivity index (χ4n) is 3.16. The highest BCUT2D eigenvalue weighted by atomic mass is 16.5. The van der Waals surface area contributed by atoms with Gasteiger partial charge in [0, 0.05) is 18.8 Å². The molecule has 2 amide bonds. The molecule has 0 spiro atoms. The first kappa shape index (κ1) is 20.8. The summed E-state index contributed by atoms with van der Waals surface area (Å²) in [4.78, 5) is 41.0. The number of benzene rings is 2. The SMILES string of the molecule is O=C(COc1ccccc1Cc1ccccc1)NNC(=O)c1cnc2ccccn2c1=O. The number of para-hydroxylation sites is 1. The molecule has 160 valence electrons.